The number of imidazole rings is 1. The zero-order valence-corrected chi connectivity index (χ0v) is 8.92. The summed E-state index contributed by atoms with van der Waals surface area (Å²) in [6.07, 6.45) is 3.61. The molecule has 0 bridgehead atoms. The molecule has 0 aliphatic rings. The number of aryl methyl sites for hydroxylation is 1. The highest BCUT2D eigenvalue weighted by Crippen LogP contribution is 2.12. The van der Waals surface area contributed by atoms with Crippen LogP contribution < -0.4 is 4.74 Å². The van der Waals surface area contributed by atoms with Crippen molar-refractivity contribution in [2.75, 3.05) is 0 Å². The Morgan fingerprint density at radius 2 is 2.12 bits per heavy atom. The highest BCUT2D eigenvalue weighted by molar-refractivity contribution is 5.34. The molecule has 2 rings (SSSR count). The number of ether oxygens (including phenoxy) is 1. The minimum atomic E-state index is 0.426. The first-order valence-electron chi connectivity index (χ1n) is 4.89. The smallest absolute Gasteiger partial charge is 0.146 e. The van der Waals surface area contributed by atoms with E-state index in [0.29, 0.717) is 12.2 Å². The standard InChI is InChI=1S/C12H11N3O/c1-15-7-6-14-12(15)9-16-11-4-2-10(8-13)3-5-11/h2-7H,9H2,1H3. The monoisotopic (exact) mass is 213 g/mol. The number of hydrogen-bond donors (Lipinski definition) is 0. The van der Waals surface area contributed by atoms with E-state index in [0.717, 1.165) is 11.6 Å². The lowest BCUT2D eigenvalue weighted by molar-refractivity contribution is 0.292. The van der Waals surface area contributed by atoms with Crippen LogP contribution in [0.15, 0.2) is 36.7 Å². The van der Waals surface area contributed by atoms with E-state index in [1.807, 2.05) is 17.8 Å². The maximum Gasteiger partial charge on any atom is 0.146 e. The summed E-state index contributed by atoms with van der Waals surface area (Å²) in [4.78, 5) is 4.15. The predicted molar refractivity (Wildman–Crippen MR) is 58.7 cm³/mol. The average Bonchev–Trinajstić information content (AvgIpc) is 2.73. The van der Waals surface area contributed by atoms with Gasteiger partial charge in [-0.3, -0.25) is 0 Å². The molecule has 0 N–H and O–H groups in total. The van der Waals surface area contributed by atoms with Crippen LogP contribution in [0.4, 0.5) is 0 Å². The maximum absolute atomic E-state index is 8.64. The molecule has 0 spiro atoms. The van der Waals surface area contributed by atoms with Gasteiger partial charge in [-0.15, -0.1) is 0 Å². The number of hydrogen-bond acceptors (Lipinski definition) is 3. The van der Waals surface area contributed by atoms with Gasteiger partial charge in [0.25, 0.3) is 0 Å². The van der Waals surface area contributed by atoms with Crippen molar-refractivity contribution in [3.8, 4) is 11.8 Å². The second-order valence-electron chi connectivity index (χ2n) is 3.38. The minimum absolute atomic E-state index is 0.426. The summed E-state index contributed by atoms with van der Waals surface area (Å²) < 4.78 is 7.44. The Bertz CT molecular complexity index is 508. The van der Waals surface area contributed by atoms with E-state index in [2.05, 4.69) is 11.1 Å². The zero-order chi connectivity index (χ0) is 11.4. The summed E-state index contributed by atoms with van der Waals surface area (Å²) in [5.74, 6) is 1.60. The van der Waals surface area contributed by atoms with Crippen LogP contribution in [-0.2, 0) is 13.7 Å². The van der Waals surface area contributed by atoms with Gasteiger partial charge in [-0.2, -0.15) is 5.26 Å². The SMILES string of the molecule is Cn1ccnc1COc1ccc(C#N)cc1. The molecule has 4 nitrogen and oxygen atoms in total. The summed E-state index contributed by atoms with van der Waals surface area (Å²) in [6.45, 7) is 0.426. The molecular formula is C12H11N3O. The van der Waals surface area contributed by atoms with E-state index < -0.39 is 0 Å². The molecule has 0 aliphatic carbocycles. The third-order valence-electron chi connectivity index (χ3n) is 2.27. The fourth-order valence-electron chi connectivity index (χ4n) is 1.31. The van der Waals surface area contributed by atoms with Gasteiger partial charge in [-0.1, -0.05) is 0 Å². The quantitative estimate of drug-likeness (QED) is 0.782. The molecule has 1 aromatic carbocycles. The lowest BCUT2D eigenvalue weighted by atomic mass is 10.2. The first-order chi connectivity index (χ1) is 7.79. The van der Waals surface area contributed by atoms with Crippen LogP contribution in [-0.4, -0.2) is 9.55 Å². The molecule has 1 heterocycles. The van der Waals surface area contributed by atoms with Gasteiger partial charge in [0.2, 0.25) is 0 Å². The number of nitrogens with zero attached hydrogens (tertiary/aromatic N) is 3. The Kier molecular flexibility index (Phi) is 2.88. The van der Waals surface area contributed by atoms with Crippen molar-refractivity contribution in [2.45, 2.75) is 6.61 Å². The lowest BCUT2D eigenvalue weighted by Gasteiger charge is -2.05. The van der Waals surface area contributed by atoms with Crippen LogP contribution in [0, 0.1) is 11.3 Å². The fourth-order valence-corrected chi connectivity index (χ4v) is 1.31. The average molecular weight is 213 g/mol. The van der Waals surface area contributed by atoms with Crippen molar-refractivity contribution < 1.29 is 4.74 Å². The molecule has 0 saturated carbocycles. The molecule has 0 unspecified atom stereocenters. The van der Waals surface area contributed by atoms with E-state index in [-0.39, 0.29) is 0 Å². The molecule has 2 aromatic rings. The number of benzene rings is 1. The van der Waals surface area contributed by atoms with Gasteiger partial charge in [-0.25, -0.2) is 4.98 Å². The Morgan fingerprint density at radius 3 is 2.69 bits per heavy atom. The van der Waals surface area contributed by atoms with Crippen LogP contribution in [0.1, 0.15) is 11.4 Å². The molecule has 0 fully saturated rings. The lowest BCUT2D eigenvalue weighted by Crippen LogP contribution is -2.02. The molecule has 0 aliphatic heterocycles. The summed E-state index contributed by atoms with van der Waals surface area (Å²) in [5.41, 5.74) is 0.629. The van der Waals surface area contributed by atoms with Crippen LogP contribution in [0.2, 0.25) is 0 Å². The topological polar surface area (TPSA) is 50.8 Å². The van der Waals surface area contributed by atoms with Gasteiger partial charge in [0.05, 0.1) is 11.6 Å². The number of rotatable bonds is 3. The van der Waals surface area contributed by atoms with E-state index in [1.54, 1.807) is 30.5 Å². The Balaban J connectivity index is 2.00. The zero-order valence-electron chi connectivity index (χ0n) is 8.92. The Morgan fingerprint density at radius 1 is 1.38 bits per heavy atom. The van der Waals surface area contributed by atoms with Gasteiger partial charge in [-0.05, 0) is 24.3 Å². The Labute approximate surface area is 93.7 Å². The summed E-state index contributed by atoms with van der Waals surface area (Å²) in [5, 5.41) is 8.64. The van der Waals surface area contributed by atoms with Crippen LogP contribution in [0.25, 0.3) is 0 Å². The second kappa shape index (κ2) is 4.49. The molecule has 0 radical (unpaired) electrons. The molecule has 16 heavy (non-hydrogen) atoms. The largest absolute Gasteiger partial charge is 0.486 e. The van der Waals surface area contributed by atoms with Gasteiger partial charge in [0, 0.05) is 19.4 Å². The number of aromatic nitrogens is 2. The minimum Gasteiger partial charge on any atom is -0.486 e. The van der Waals surface area contributed by atoms with Crippen molar-refractivity contribution in [1.82, 2.24) is 9.55 Å². The second-order valence-corrected chi connectivity index (χ2v) is 3.38. The van der Waals surface area contributed by atoms with Crippen LogP contribution >= 0.6 is 0 Å². The Hall–Kier alpha value is -2.28. The molecule has 0 amide bonds. The highest BCUT2D eigenvalue weighted by Gasteiger charge is 2.00. The van der Waals surface area contributed by atoms with E-state index in [9.17, 15) is 0 Å². The van der Waals surface area contributed by atoms with Gasteiger partial charge < -0.3 is 9.30 Å². The highest BCUT2D eigenvalue weighted by atomic mass is 16.5. The van der Waals surface area contributed by atoms with Crippen molar-refractivity contribution in [3.63, 3.8) is 0 Å². The summed E-state index contributed by atoms with van der Waals surface area (Å²) in [7, 11) is 1.92. The van der Waals surface area contributed by atoms with Gasteiger partial charge >= 0.3 is 0 Å². The third kappa shape index (κ3) is 2.20. The summed E-state index contributed by atoms with van der Waals surface area (Å²) >= 11 is 0. The summed E-state index contributed by atoms with van der Waals surface area (Å²) in [6, 6.07) is 9.08. The van der Waals surface area contributed by atoms with Crippen molar-refractivity contribution >= 4 is 0 Å². The van der Waals surface area contributed by atoms with Crippen molar-refractivity contribution in [2.24, 2.45) is 7.05 Å². The normalized spacial score (nSPS) is 9.75. The number of nitriles is 1. The molecule has 0 atom stereocenters. The van der Waals surface area contributed by atoms with E-state index in [1.165, 1.54) is 0 Å². The van der Waals surface area contributed by atoms with Crippen molar-refractivity contribution in [1.29, 1.82) is 5.26 Å². The molecule has 1 aromatic heterocycles. The van der Waals surface area contributed by atoms with Crippen molar-refractivity contribution in [3.05, 3.63) is 48.0 Å². The maximum atomic E-state index is 8.64. The van der Waals surface area contributed by atoms with Gasteiger partial charge in [0.15, 0.2) is 0 Å². The molecule has 80 valence electrons. The van der Waals surface area contributed by atoms with Gasteiger partial charge in [0.1, 0.15) is 18.2 Å². The fraction of sp³-hybridized carbons (Fsp3) is 0.167. The molecule has 0 saturated heterocycles. The van der Waals surface area contributed by atoms with Crippen LogP contribution in [0.5, 0.6) is 5.75 Å². The molecular weight excluding hydrogens is 202 g/mol. The van der Waals surface area contributed by atoms with E-state index >= 15 is 0 Å². The van der Waals surface area contributed by atoms with Crippen LogP contribution in [0.3, 0.4) is 0 Å². The predicted octanol–water partition coefficient (Wildman–Crippen LogP) is 1.87. The van der Waals surface area contributed by atoms with E-state index in [4.69, 9.17) is 10.00 Å². The molecule has 4 heteroatoms. The third-order valence-corrected chi connectivity index (χ3v) is 2.27. The first-order valence-corrected chi connectivity index (χ1v) is 4.89. The first kappa shape index (κ1) is 10.2.